The average Bonchev–Trinajstić information content (AvgIpc) is 2.86. The van der Waals surface area contributed by atoms with Crippen LogP contribution in [-0.4, -0.2) is 26.5 Å². The first-order chi connectivity index (χ1) is 16.4. The van der Waals surface area contributed by atoms with Gasteiger partial charge in [0.1, 0.15) is 0 Å². The van der Waals surface area contributed by atoms with Crippen molar-refractivity contribution in [1.29, 1.82) is 0 Å². The fourth-order valence-corrected chi connectivity index (χ4v) is 3.79. The van der Waals surface area contributed by atoms with Gasteiger partial charge in [0.2, 0.25) is 5.95 Å². The molecule has 0 radical (unpaired) electrons. The van der Waals surface area contributed by atoms with Crippen molar-refractivity contribution in [3.63, 3.8) is 0 Å². The molecule has 170 valence electrons. The van der Waals surface area contributed by atoms with Crippen LogP contribution >= 0.6 is 0 Å². The number of nitrogens with zero attached hydrogens (tertiary/aromatic N) is 4. The average molecular weight is 460 g/mol. The number of aromatic nitrogens is 4. The van der Waals surface area contributed by atoms with Gasteiger partial charge in [0, 0.05) is 41.3 Å². The van der Waals surface area contributed by atoms with Gasteiger partial charge in [-0.1, -0.05) is 36.4 Å². The van der Waals surface area contributed by atoms with Gasteiger partial charge in [0.05, 0.1) is 11.3 Å². The number of alkyl halides is 3. The van der Waals surface area contributed by atoms with E-state index in [2.05, 4.69) is 30.6 Å². The summed E-state index contributed by atoms with van der Waals surface area (Å²) in [6, 6.07) is 16.5. The van der Waals surface area contributed by atoms with E-state index in [-0.39, 0.29) is 23.2 Å². The summed E-state index contributed by atoms with van der Waals surface area (Å²) in [6.07, 6.45) is -1.40. The lowest BCUT2D eigenvalue weighted by Crippen LogP contribution is -2.17. The highest BCUT2D eigenvalue weighted by atomic mass is 19.4. The molecule has 6 nitrogen and oxygen atoms in total. The highest BCUT2D eigenvalue weighted by molar-refractivity contribution is 5.86. The molecule has 0 aliphatic carbocycles. The quantitative estimate of drug-likeness (QED) is 0.396. The zero-order valence-electron chi connectivity index (χ0n) is 18.1. The van der Waals surface area contributed by atoms with E-state index in [4.69, 9.17) is 0 Å². The predicted octanol–water partition coefficient (Wildman–Crippen LogP) is 5.89. The van der Waals surface area contributed by atoms with Crippen LogP contribution in [0.3, 0.4) is 0 Å². The summed E-state index contributed by atoms with van der Waals surface area (Å²) < 4.78 is 41.2. The summed E-state index contributed by atoms with van der Waals surface area (Å²) >= 11 is 0. The molecule has 2 aromatic heterocycles. The zero-order chi connectivity index (χ0) is 23.7. The molecule has 0 atom stereocenters. The van der Waals surface area contributed by atoms with Crippen LogP contribution in [0.4, 0.5) is 24.8 Å². The first-order valence-electron chi connectivity index (χ1n) is 10.5. The third-order valence-corrected chi connectivity index (χ3v) is 5.43. The molecule has 0 spiro atoms. The number of anilines is 2. The van der Waals surface area contributed by atoms with Gasteiger partial charge < -0.3 is 10.6 Å². The summed E-state index contributed by atoms with van der Waals surface area (Å²) in [7, 11) is 0. The van der Waals surface area contributed by atoms with Gasteiger partial charge in [-0.2, -0.15) is 23.1 Å². The molecule has 0 amide bonds. The highest BCUT2D eigenvalue weighted by Crippen LogP contribution is 2.37. The lowest BCUT2D eigenvalue weighted by atomic mass is 10.0. The summed E-state index contributed by atoms with van der Waals surface area (Å²) in [5.41, 5.74) is 3.31. The first-order valence-corrected chi connectivity index (χ1v) is 10.5. The number of pyridine rings is 1. The van der Waals surface area contributed by atoms with Crippen LogP contribution in [0.2, 0.25) is 0 Å². The van der Waals surface area contributed by atoms with E-state index in [0.717, 1.165) is 28.6 Å². The molecular formula is C25H19F3N6. The Labute approximate surface area is 193 Å². The van der Waals surface area contributed by atoms with E-state index >= 15 is 0 Å². The SMILES string of the molecule is CC1=C(Nc2nc(-c3cccnc3)nc(-c3ccccc3C(F)(F)F)n2)c2ccccc2NC1. The Morgan fingerprint density at radius 2 is 1.59 bits per heavy atom. The fourth-order valence-electron chi connectivity index (χ4n) is 3.79. The highest BCUT2D eigenvalue weighted by Gasteiger charge is 2.34. The Bertz CT molecular complexity index is 1380. The molecule has 2 N–H and O–H groups in total. The Morgan fingerprint density at radius 1 is 0.853 bits per heavy atom. The zero-order valence-corrected chi connectivity index (χ0v) is 18.1. The molecule has 0 saturated carbocycles. The molecule has 34 heavy (non-hydrogen) atoms. The number of hydrogen-bond donors (Lipinski definition) is 2. The van der Waals surface area contributed by atoms with Crippen LogP contribution < -0.4 is 10.6 Å². The number of para-hydroxylation sites is 1. The van der Waals surface area contributed by atoms with E-state index in [0.29, 0.717) is 12.1 Å². The van der Waals surface area contributed by atoms with Gasteiger partial charge >= 0.3 is 6.18 Å². The standard InChI is InChI=1S/C25H19F3N6/c1-15-13-30-20-11-5-3-9-18(20)21(15)31-24-33-22(16-7-6-12-29-14-16)32-23(34-24)17-8-2-4-10-19(17)25(26,27)28/h2-12,14,30H,13H2,1H3,(H,31,32,33,34). The van der Waals surface area contributed by atoms with E-state index < -0.39 is 11.7 Å². The van der Waals surface area contributed by atoms with Crippen LogP contribution in [-0.2, 0) is 6.18 Å². The lowest BCUT2D eigenvalue weighted by molar-refractivity contribution is -0.137. The van der Waals surface area contributed by atoms with E-state index in [9.17, 15) is 13.2 Å². The Hall–Kier alpha value is -4.27. The molecular weight excluding hydrogens is 441 g/mol. The molecule has 5 rings (SSSR count). The molecule has 0 saturated heterocycles. The lowest BCUT2D eigenvalue weighted by Gasteiger charge is -2.23. The third-order valence-electron chi connectivity index (χ3n) is 5.43. The van der Waals surface area contributed by atoms with Gasteiger partial charge in [-0.05, 0) is 36.8 Å². The summed E-state index contributed by atoms with van der Waals surface area (Å²) in [6.45, 7) is 2.58. The second kappa shape index (κ2) is 8.58. The molecule has 1 aliphatic heterocycles. The van der Waals surface area contributed by atoms with Crippen LogP contribution in [0.15, 0.2) is 78.6 Å². The van der Waals surface area contributed by atoms with Crippen molar-refractivity contribution in [2.75, 3.05) is 17.2 Å². The Balaban J connectivity index is 1.66. The minimum Gasteiger partial charge on any atom is -0.381 e. The fraction of sp³-hybridized carbons (Fsp3) is 0.120. The Kier molecular flexibility index (Phi) is 5.45. The Morgan fingerprint density at radius 3 is 2.35 bits per heavy atom. The molecule has 0 bridgehead atoms. The van der Waals surface area contributed by atoms with Crippen LogP contribution in [0, 0.1) is 0 Å². The van der Waals surface area contributed by atoms with Crippen molar-refractivity contribution in [3.05, 3.63) is 89.8 Å². The summed E-state index contributed by atoms with van der Waals surface area (Å²) in [5.74, 6) is 0.287. The number of halogens is 3. The molecule has 0 unspecified atom stereocenters. The largest absolute Gasteiger partial charge is 0.417 e. The topological polar surface area (TPSA) is 75.6 Å². The van der Waals surface area contributed by atoms with Crippen molar-refractivity contribution < 1.29 is 13.2 Å². The van der Waals surface area contributed by atoms with Crippen LogP contribution in [0.1, 0.15) is 18.1 Å². The molecule has 9 heteroatoms. The maximum Gasteiger partial charge on any atom is 0.417 e. The minimum atomic E-state index is -4.56. The summed E-state index contributed by atoms with van der Waals surface area (Å²) in [4.78, 5) is 17.4. The third kappa shape index (κ3) is 4.19. The second-order valence-electron chi connectivity index (χ2n) is 7.77. The van der Waals surface area contributed by atoms with Crippen molar-refractivity contribution in [1.82, 2.24) is 19.9 Å². The number of nitrogens with one attached hydrogen (secondary N) is 2. The van der Waals surface area contributed by atoms with E-state index in [1.54, 1.807) is 24.5 Å². The van der Waals surface area contributed by atoms with E-state index in [1.807, 2.05) is 31.2 Å². The van der Waals surface area contributed by atoms with Gasteiger partial charge in [-0.25, -0.2) is 4.98 Å². The second-order valence-corrected chi connectivity index (χ2v) is 7.77. The predicted molar refractivity (Wildman–Crippen MR) is 125 cm³/mol. The molecule has 1 aliphatic rings. The van der Waals surface area contributed by atoms with Crippen molar-refractivity contribution in [2.45, 2.75) is 13.1 Å². The van der Waals surface area contributed by atoms with E-state index in [1.165, 1.54) is 18.2 Å². The molecule has 4 aromatic rings. The minimum absolute atomic E-state index is 0.0789. The monoisotopic (exact) mass is 460 g/mol. The molecule has 0 fully saturated rings. The number of fused-ring (bicyclic) bond motifs is 1. The van der Waals surface area contributed by atoms with Crippen molar-refractivity contribution in [3.8, 4) is 22.8 Å². The molecule has 2 aromatic carbocycles. The van der Waals surface area contributed by atoms with Crippen LogP contribution in [0.5, 0.6) is 0 Å². The maximum atomic E-state index is 13.7. The first kappa shape index (κ1) is 21.6. The number of rotatable bonds is 4. The van der Waals surface area contributed by atoms with Gasteiger partial charge in [0.15, 0.2) is 11.6 Å². The van der Waals surface area contributed by atoms with Gasteiger partial charge in [0.25, 0.3) is 0 Å². The summed E-state index contributed by atoms with van der Waals surface area (Å²) in [5, 5.41) is 6.58. The van der Waals surface area contributed by atoms with Gasteiger partial charge in [-0.3, -0.25) is 4.98 Å². The number of benzene rings is 2. The molecule has 3 heterocycles. The number of hydrogen-bond acceptors (Lipinski definition) is 6. The maximum absolute atomic E-state index is 13.7. The van der Waals surface area contributed by atoms with Crippen molar-refractivity contribution >= 4 is 17.3 Å². The smallest absolute Gasteiger partial charge is 0.381 e. The van der Waals surface area contributed by atoms with Crippen molar-refractivity contribution in [2.24, 2.45) is 0 Å². The van der Waals surface area contributed by atoms with Gasteiger partial charge in [-0.15, -0.1) is 0 Å². The normalized spacial score (nSPS) is 13.3. The van der Waals surface area contributed by atoms with Crippen LogP contribution in [0.25, 0.3) is 28.5 Å².